The zero-order valence-electron chi connectivity index (χ0n) is 21.7. The standard InChI is InChI=1S/C28H28ClF3N4O3S/c1-3-36(40(38,39)24-12-10-23(29)11-13-24)19(2)27(37)33-18-20-16-25(34-26(17-20)35-14-4-5-15-35)21-6-8-22(9-7-21)28(30,31)32/h6-13,16-17H,2-5,14-15,18H2,1H3,(H,33,37). The molecule has 1 saturated heterocycles. The molecular formula is C28H28ClF3N4O3S. The number of carbonyl (C=O) groups is 1. The third-order valence-corrected chi connectivity index (χ3v) is 8.69. The number of benzene rings is 2. The van der Waals surface area contributed by atoms with Gasteiger partial charge in [0.2, 0.25) is 0 Å². The number of rotatable bonds is 9. The van der Waals surface area contributed by atoms with Crippen LogP contribution in [0.3, 0.4) is 0 Å². The molecule has 4 rings (SSSR count). The van der Waals surface area contributed by atoms with Gasteiger partial charge in [0, 0.05) is 36.8 Å². The van der Waals surface area contributed by atoms with Gasteiger partial charge in [0.05, 0.1) is 16.2 Å². The summed E-state index contributed by atoms with van der Waals surface area (Å²) in [5, 5.41) is 3.09. The molecule has 2 heterocycles. The molecule has 1 aromatic heterocycles. The second-order valence-electron chi connectivity index (χ2n) is 9.24. The number of anilines is 1. The van der Waals surface area contributed by atoms with Gasteiger partial charge in [-0.05, 0) is 73.9 Å². The van der Waals surface area contributed by atoms with E-state index in [2.05, 4.69) is 21.8 Å². The molecule has 7 nitrogen and oxygen atoms in total. The first kappa shape index (κ1) is 29.4. The number of likely N-dealkylation sites (N-methyl/N-ethyl adjacent to an activating group) is 1. The minimum absolute atomic E-state index is 0.0212. The number of sulfonamides is 1. The highest BCUT2D eigenvalue weighted by molar-refractivity contribution is 7.89. The number of hydrogen-bond acceptors (Lipinski definition) is 5. The second-order valence-corrected chi connectivity index (χ2v) is 11.5. The lowest BCUT2D eigenvalue weighted by molar-refractivity contribution is -0.137. The fraction of sp³-hybridized carbons (Fsp3) is 0.286. The Morgan fingerprint density at radius 3 is 2.27 bits per heavy atom. The maximum Gasteiger partial charge on any atom is 0.416 e. The molecule has 1 aliphatic heterocycles. The van der Waals surface area contributed by atoms with Crippen molar-refractivity contribution in [1.82, 2.24) is 14.6 Å². The maximum atomic E-state index is 13.1. The molecule has 0 radical (unpaired) electrons. The van der Waals surface area contributed by atoms with Gasteiger partial charge in [0.1, 0.15) is 11.5 Å². The van der Waals surface area contributed by atoms with Gasteiger partial charge in [-0.25, -0.2) is 13.4 Å². The molecule has 212 valence electrons. The maximum absolute atomic E-state index is 13.1. The highest BCUT2D eigenvalue weighted by atomic mass is 35.5. The van der Waals surface area contributed by atoms with Crippen molar-refractivity contribution in [2.75, 3.05) is 24.5 Å². The summed E-state index contributed by atoms with van der Waals surface area (Å²) in [6.45, 7) is 6.89. The predicted molar refractivity (Wildman–Crippen MR) is 148 cm³/mol. The number of aromatic nitrogens is 1. The van der Waals surface area contributed by atoms with Crippen LogP contribution in [0.4, 0.5) is 19.0 Å². The number of alkyl halides is 3. The molecular weight excluding hydrogens is 565 g/mol. The summed E-state index contributed by atoms with van der Waals surface area (Å²) in [6, 6.07) is 13.8. The Labute approximate surface area is 236 Å². The zero-order valence-corrected chi connectivity index (χ0v) is 23.3. The molecule has 1 N–H and O–H groups in total. The Kier molecular flexibility index (Phi) is 8.74. The largest absolute Gasteiger partial charge is 0.416 e. The molecule has 1 amide bonds. The van der Waals surface area contributed by atoms with Gasteiger partial charge < -0.3 is 10.2 Å². The number of halogens is 4. The van der Waals surface area contributed by atoms with Gasteiger partial charge in [-0.15, -0.1) is 0 Å². The van der Waals surface area contributed by atoms with E-state index in [1.54, 1.807) is 13.0 Å². The van der Waals surface area contributed by atoms with Crippen LogP contribution in [0.5, 0.6) is 0 Å². The van der Waals surface area contributed by atoms with E-state index in [9.17, 15) is 26.4 Å². The number of pyridine rings is 1. The van der Waals surface area contributed by atoms with Crippen molar-refractivity contribution in [1.29, 1.82) is 0 Å². The first-order valence-corrected chi connectivity index (χ1v) is 14.4. The Balaban J connectivity index is 1.55. The second kappa shape index (κ2) is 11.9. The van der Waals surface area contributed by atoms with E-state index in [0.717, 1.165) is 42.4 Å². The number of nitrogens with zero attached hydrogens (tertiary/aromatic N) is 3. The van der Waals surface area contributed by atoms with Crippen LogP contribution in [-0.4, -0.2) is 43.2 Å². The Hall–Kier alpha value is -3.57. The number of nitrogens with one attached hydrogen (secondary N) is 1. The summed E-state index contributed by atoms with van der Waals surface area (Å²) < 4.78 is 66.3. The quantitative estimate of drug-likeness (QED) is 0.315. The SMILES string of the molecule is C=C(C(=O)NCc1cc(-c2ccc(C(F)(F)F)cc2)nc(N2CCCC2)c1)N(CC)S(=O)(=O)c1ccc(Cl)cc1. The van der Waals surface area contributed by atoms with Crippen molar-refractivity contribution >= 4 is 33.3 Å². The van der Waals surface area contributed by atoms with Crippen molar-refractivity contribution < 1.29 is 26.4 Å². The van der Waals surface area contributed by atoms with Gasteiger partial charge in [0.15, 0.2) is 0 Å². The Morgan fingerprint density at radius 2 is 1.70 bits per heavy atom. The van der Waals surface area contributed by atoms with Gasteiger partial charge in [-0.3, -0.25) is 9.10 Å². The number of carbonyl (C=O) groups excluding carboxylic acids is 1. The van der Waals surface area contributed by atoms with Crippen LogP contribution in [0.25, 0.3) is 11.3 Å². The topological polar surface area (TPSA) is 82.6 Å². The van der Waals surface area contributed by atoms with E-state index < -0.39 is 27.7 Å². The minimum atomic E-state index is -4.45. The summed E-state index contributed by atoms with van der Waals surface area (Å²) in [4.78, 5) is 19.7. The summed E-state index contributed by atoms with van der Waals surface area (Å²) in [7, 11) is -4.05. The van der Waals surface area contributed by atoms with E-state index in [1.165, 1.54) is 36.4 Å². The Bertz CT molecular complexity index is 1490. The van der Waals surface area contributed by atoms with Gasteiger partial charge in [0.25, 0.3) is 15.9 Å². The average Bonchev–Trinajstić information content (AvgIpc) is 3.47. The molecule has 2 aromatic carbocycles. The van der Waals surface area contributed by atoms with Crippen molar-refractivity contribution in [2.45, 2.75) is 37.4 Å². The minimum Gasteiger partial charge on any atom is -0.357 e. The molecule has 40 heavy (non-hydrogen) atoms. The molecule has 1 fully saturated rings. The Morgan fingerprint density at radius 1 is 1.07 bits per heavy atom. The molecule has 0 spiro atoms. The molecule has 3 aromatic rings. The van der Waals surface area contributed by atoms with Gasteiger partial charge in [-0.1, -0.05) is 30.3 Å². The van der Waals surface area contributed by atoms with Gasteiger partial charge >= 0.3 is 6.18 Å². The third kappa shape index (κ3) is 6.59. The van der Waals surface area contributed by atoms with Crippen molar-refractivity contribution in [2.24, 2.45) is 0 Å². The number of hydrogen-bond donors (Lipinski definition) is 1. The molecule has 1 aliphatic rings. The monoisotopic (exact) mass is 592 g/mol. The lowest BCUT2D eigenvalue weighted by Gasteiger charge is -2.24. The molecule has 0 aliphatic carbocycles. The lowest BCUT2D eigenvalue weighted by atomic mass is 10.1. The van der Waals surface area contributed by atoms with Crippen molar-refractivity contribution in [3.63, 3.8) is 0 Å². The number of amides is 1. The van der Waals surface area contributed by atoms with E-state index >= 15 is 0 Å². The lowest BCUT2D eigenvalue weighted by Crippen LogP contribution is -2.38. The zero-order chi connectivity index (χ0) is 29.1. The molecule has 0 bridgehead atoms. The van der Waals surface area contributed by atoms with E-state index in [1.807, 2.05) is 6.07 Å². The van der Waals surface area contributed by atoms with Crippen LogP contribution < -0.4 is 10.2 Å². The highest BCUT2D eigenvalue weighted by Crippen LogP contribution is 2.32. The van der Waals surface area contributed by atoms with Crippen LogP contribution in [0.1, 0.15) is 30.9 Å². The van der Waals surface area contributed by atoms with Crippen molar-refractivity contribution in [3.05, 3.63) is 89.1 Å². The van der Waals surface area contributed by atoms with Gasteiger partial charge in [-0.2, -0.15) is 13.2 Å². The van der Waals surface area contributed by atoms with Crippen LogP contribution in [0.2, 0.25) is 5.02 Å². The van der Waals surface area contributed by atoms with E-state index in [-0.39, 0.29) is 23.7 Å². The first-order chi connectivity index (χ1) is 18.9. The molecule has 0 atom stereocenters. The average molecular weight is 593 g/mol. The van der Waals surface area contributed by atoms with E-state index in [0.29, 0.717) is 27.7 Å². The molecule has 12 heteroatoms. The summed E-state index contributed by atoms with van der Waals surface area (Å²) in [5.74, 6) is -0.0338. The smallest absolute Gasteiger partial charge is 0.357 e. The summed E-state index contributed by atoms with van der Waals surface area (Å²) >= 11 is 5.87. The van der Waals surface area contributed by atoms with E-state index in [4.69, 9.17) is 11.6 Å². The first-order valence-electron chi connectivity index (χ1n) is 12.6. The summed E-state index contributed by atoms with van der Waals surface area (Å²) in [6.07, 6.45) is -2.46. The fourth-order valence-corrected chi connectivity index (χ4v) is 5.97. The summed E-state index contributed by atoms with van der Waals surface area (Å²) in [5.41, 5.74) is 0.594. The van der Waals surface area contributed by atoms with Crippen molar-refractivity contribution in [3.8, 4) is 11.3 Å². The fourth-order valence-electron chi connectivity index (χ4n) is 4.40. The van der Waals surface area contributed by atoms with Crippen LogP contribution in [0, 0.1) is 0 Å². The van der Waals surface area contributed by atoms with Crippen LogP contribution in [-0.2, 0) is 27.5 Å². The predicted octanol–water partition coefficient (Wildman–Crippen LogP) is 5.86. The normalized spacial score (nSPS) is 13.8. The van der Waals surface area contributed by atoms with Crippen LogP contribution in [0.15, 0.2) is 77.8 Å². The molecule has 0 saturated carbocycles. The molecule has 0 unspecified atom stereocenters. The highest BCUT2D eigenvalue weighted by Gasteiger charge is 2.30. The third-order valence-electron chi connectivity index (χ3n) is 6.51. The van der Waals surface area contributed by atoms with Crippen LogP contribution >= 0.6 is 11.6 Å².